The zero-order valence-corrected chi connectivity index (χ0v) is 21.3. The van der Waals surface area contributed by atoms with Gasteiger partial charge in [0.15, 0.2) is 0 Å². The minimum Gasteiger partial charge on any atom is -0.369 e. The normalized spacial score (nSPS) is 20.5. The summed E-state index contributed by atoms with van der Waals surface area (Å²) in [6.07, 6.45) is -3.65. The highest BCUT2D eigenvalue weighted by Gasteiger charge is 2.49. The van der Waals surface area contributed by atoms with Gasteiger partial charge in [-0.15, -0.1) is 0 Å². The van der Waals surface area contributed by atoms with Gasteiger partial charge in [-0.3, -0.25) is 14.5 Å². The highest BCUT2D eigenvalue weighted by Crippen LogP contribution is 2.41. The molecule has 2 aliphatic rings. The lowest BCUT2D eigenvalue weighted by atomic mass is 9.95. The van der Waals surface area contributed by atoms with Crippen LogP contribution in [0.25, 0.3) is 0 Å². The van der Waals surface area contributed by atoms with Gasteiger partial charge < -0.3 is 14.7 Å². The maximum Gasteiger partial charge on any atom is 0.416 e. The average molecular weight is 504 g/mol. The average Bonchev–Trinajstić information content (AvgIpc) is 3.10. The SMILES string of the molecule is Cc1cc(C(F)(F)F)cc(N2C(=O)CC3CN(CCCN(C)C)c4c(C)cccc4N(C)C(=O)C32)n1. The van der Waals surface area contributed by atoms with Gasteiger partial charge in [0.1, 0.15) is 11.9 Å². The highest BCUT2D eigenvalue weighted by atomic mass is 19.4. The zero-order valence-electron chi connectivity index (χ0n) is 21.3. The monoisotopic (exact) mass is 503 g/mol. The predicted octanol–water partition coefficient (Wildman–Crippen LogP) is 3.87. The van der Waals surface area contributed by atoms with Crippen LogP contribution >= 0.6 is 0 Å². The van der Waals surface area contributed by atoms with Crippen molar-refractivity contribution in [2.75, 3.05) is 55.5 Å². The maximum atomic E-state index is 13.8. The van der Waals surface area contributed by atoms with Crippen LogP contribution in [0.15, 0.2) is 30.3 Å². The molecule has 0 saturated carbocycles. The molecule has 1 aromatic heterocycles. The van der Waals surface area contributed by atoms with Gasteiger partial charge in [0, 0.05) is 38.2 Å². The Morgan fingerprint density at radius 2 is 1.86 bits per heavy atom. The Bertz CT molecular complexity index is 1170. The first kappa shape index (κ1) is 25.9. The summed E-state index contributed by atoms with van der Waals surface area (Å²) in [7, 11) is 5.67. The van der Waals surface area contributed by atoms with E-state index in [1.165, 1.54) is 16.7 Å². The topological polar surface area (TPSA) is 60.0 Å². The van der Waals surface area contributed by atoms with Gasteiger partial charge in [0.25, 0.3) is 0 Å². The lowest BCUT2D eigenvalue weighted by molar-refractivity contribution is -0.137. The molecule has 1 aromatic carbocycles. The molecule has 0 spiro atoms. The second-order valence-electron chi connectivity index (χ2n) is 9.97. The molecule has 0 bridgehead atoms. The summed E-state index contributed by atoms with van der Waals surface area (Å²) in [5.74, 6) is -1.25. The van der Waals surface area contributed by atoms with Gasteiger partial charge in [0.05, 0.1) is 16.9 Å². The van der Waals surface area contributed by atoms with Crippen LogP contribution in [0, 0.1) is 19.8 Å². The number of benzene rings is 1. The third-order valence-electron chi connectivity index (χ3n) is 6.91. The van der Waals surface area contributed by atoms with E-state index in [1.807, 2.05) is 39.2 Å². The maximum absolute atomic E-state index is 13.8. The Kier molecular flexibility index (Phi) is 7.01. The van der Waals surface area contributed by atoms with E-state index in [2.05, 4.69) is 14.8 Å². The van der Waals surface area contributed by atoms with Gasteiger partial charge >= 0.3 is 6.18 Å². The molecule has 2 amide bonds. The molecule has 10 heteroatoms. The second-order valence-corrected chi connectivity index (χ2v) is 9.97. The predicted molar refractivity (Wildman–Crippen MR) is 133 cm³/mol. The number of nitrogens with zero attached hydrogens (tertiary/aromatic N) is 5. The Labute approximate surface area is 209 Å². The Morgan fingerprint density at radius 3 is 2.53 bits per heavy atom. The molecule has 1 fully saturated rings. The van der Waals surface area contributed by atoms with Crippen molar-refractivity contribution in [1.29, 1.82) is 0 Å². The van der Waals surface area contributed by atoms with E-state index in [9.17, 15) is 22.8 Å². The van der Waals surface area contributed by atoms with Crippen molar-refractivity contribution >= 4 is 29.0 Å². The van der Waals surface area contributed by atoms with E-state index < -0.39 is 29.6 Å². The Hall–Kier alpha value is -3.14. The fraction of sp³-hybridized carbons (Fsp3) is 0.500. The van der Waals surface area contributed by atoms with Crippen molar-refractivity contribution in [3.8, 4) is 0 Å². The summed E-state index contributed by atoms with van der Waals surface area (Å²) in [4.78, 5) is 38.3. The Morgan fingerprint density at radius 1 is 1.14 bits per heavy atom. The number of amides is 2. The number of carbonyl (C=O) groups is 2. The number of hydrogen-bond acceptors (Lipinski definition) is 5. The van der Waals surface area contributed by atoms with Crippen LogP contribution < -0.4 is 14.7 Å². The van der Waals surface area contributed by atoms with Crippen LogP contribution in [0.1, 0.15) is 29.7 Å². The number of aromatic nitrogens is 1. The summed E-state index contributed by atoms with van der Waals surface area (Å²) in [6.45, 7) is 5.48. The third kappa shape index (κ3) is 4.91. The van der Waals surface area contributed by atoms with Crippen LogP contribution in [-0.2, 0) is 15.8 Å². The van der Waals surface area contributed by atoms with Gasteiger partial charge in [-0.1, -0.05) is 12.1 Å². The molecule has 0 N–H and O–H groups in total. The summed E-state index contributed by atoms with van der Waals surface area (Å²) in [6, 6.07) is 6.61. The molecule has 2 aliphatic heterocycles. The van der Waals surface area contributed by atoms with Gasteiger partial charge in [-0.2, -0.15) is 13.2 Å². The largest absolute Gasteiger partial charge is 0.416 e. The number of fused-ring (bicyclic) bond motifs is 2. The van der Waals surface area contributed by atoms with Crippen LogP contribution in [0.2, 0.25) is 0 Å². The quantitative estimate of drug-likeness (QED) is 0.620. The minimum absolute atomic E-state index is 0.0621. The third-order valence-corrected chi connectivity index (χ3v) is 6.91. The zero-order chi connectivity index (χ0) is 26.4. The van der Waals surface area contributed by atoms with Crippen molar-refractivity contribution in [3.63, 3.8) is 0 Å². The van der Waals surface area contributed by atoms with Crippen molar-refractivity contribution in [2.45, 2.75) is 38.9 Å². The van der Waals surface area contributed by atoms with Crippen molar-refractivity contribution < 1.29 is 22.8 Å². The smallest absolute Gasteiger partial charge is 0.369 e. The first-order valence-electron chi connectivity index (χ1n) is 12.0. The standard InChI is InChI=1S/C26H32F3N5O2/c1-16-8-6-9-20-23(16)33(11-7-10-31(3)4)15-18-13-22(35)34(24(18)25(36)32(20)5)21-14-19(26(27,28)29)12-17(2)30-21/h6,8-9,12,14,18,24H,7,10-11,13,15H2,1-5H3. The van der Waals surface area contributed by atoms with E-state index in [-0.39, 0.29) is 23.8 Å². The molecule has 4 rings (SSSR count). The van der Waals surface area contributed by atoms with Crippen LogP contribution in [0.5, 0.6) is 0 Å². The molecular formula is C26H32F3N5O2. The number of anilines is 3. The number of pyridine rings is 1. The number of para-hydroxylation sites is 1. The fourth-order valence-corrected chi connectivity index (χ4v) is 5.28. The van der Waals surface area contributed by atoms with E-state index in [0.717, 1.165) is 48.6 Å². The van der Waals surface area contributed by atoms with Gasteiger partial charge in [-0.25, -0.2) is 4.98 Å². The molecule has 2 aromatic rings. The van der Waals surface area contributed by atoms with Gasteiger partial charge in [-0.05, 0) is 64.7 Å². The molecule has 0 aliphatic carbocycles. The van der Waals surface area contributed by atoms with E-state index >= 15 is 0 Å². The summed E-state index contributed by atoms with van der Waals surface area (Å²) < 4.78 is 40.6. The lowest BCUT2D eigenvalue weighted by Gasteiger charge is -2.39. The van der Waals surface area contributed by atoms with Crippen LogP contribution in [0.3, 0.4) is 0 Å². The van der Waals surface area contributed by atoms with E-state index in [4.69, 9.17) is 0 Å². The Balaban J connectivity index is 1.78. The van der Waals surface area contributed by atoms with E-state index in [1.54, 1.807) is 7.05 Å². The van der Waals surface area contributed by atoms with Gasteiger partial charge in [0.2, 0.25) is 11.8 Å². The number of rotatable bonds is 5. The minimum atomic E-state index is -4.59. The number of alkyl halides is 3. The molecule has 194 valence electrons. The first-order valence-corrected chi connectivity index (χ1v) is 12.0. The van der Waals surface area contributed by atoms with Crippen molar-refractivity contribution in [1.82, 2.24) is 9.88 Å². The number of likely N-dealkylation sites (N-methyl/N-ethyl adjacent to an activating group) is 1. The fourth-order valence-electron chi connectivity index (χ4n) is 5.28. The van der Waals surface area contributed by atoms with Crippen LogP contribution in [-0.4, -0.2) is 68.5 Å². The number of carbonyl (C=O) groups excluding carboxylic acids is 2. The molecule has 7 nitrogen and oxygen atoms in total. The molecule has 1 saturated heterocycles. The summed E-state index contributed by atoms with van der Waals surface area (Å²) in [5, 5.41) is 0. The molecule has 36 heavy (non-hydrogen) atoms. The molecule has 2 atom stereocenters. The van der Waals surface area contributed by atoms with Crippen LogP contribution in [0.4, 0.5) is 30.4 Å². The highest BCUT2D eigenvalue weighted by molar-refractivity contribution is 6.10. The first-order chi connectivity index (χ1) is 16.9. The number of halogens is 3. The molecule has 3 heterocycles. The molecule has 2 unspecified atom stereocenters. The van der Waals surface area contributed by atoms with Crippen molar-refractivity contribution in [3.05, 3.63) is 47.2 Å². The second kappa shape index (κ2) is 9.72. The number of aryl methyl sites for hydroxylation is 2. The van der Waals surface area contributed by atoms with E-state index in [0.29, 0.717) is 6.54 Å². The lowest BCUT2D eigenvalue weighted by Crippen LogP contribution is -2.52. The molecule has 0 radical (unpaired) electrons. The summed E-state index contributed by atoms with van der Waals surface area (Å²) in [5.41, 5.74) is 1.93. The van der Waals surface area contributed by atoms with Crippen molar-refractivity contribution in [2.24, 2.45) is 5.92 Å². The number of hydrogen-bond donors (Lipinski definition) is 0. The molecular weight excluding hydrogens is 471 g/mol. The summed E-state index contributed by atoms with van der Waals surface area (Å²) >= 11 is 0.